The second-order valence-corrected chi connectivity index (χ2v) is 5.48. The van der Waals surface area contributed by atoms with Crippen LogP contribution in [0.25, 0.3) is 22.2 Å². The van der Waals surface area contributed by atoms with Crippen LogP contribution in [0.2, 0.25) is 10.0 Å². The van der Waals surface area contributed by atoms with Gasteiger partial charge in [-0.1, -0.05) is 47.5 Å². The summed E-state index contributed by atoms with van der Waals surface area (Å²) in [4.78, 5) is 4.64. The molecule has 0 radical (unpaired) electrons. The van der Waals surface area contributed by atoms with E-state index < -0.39 is 0 Å². The highest BCUT2D eigenvalue weighted by Gasteiger charge is 2.11. The fourth-order valence-electron chi connectivity index (χ4n) is 2.28. The minimum atomic E-state index is 0.529. The van der Waals surface area contributed by atoms with Crippen LogP contribution in [-0.4, -0.2) is 4.98 Å². The van der Waals surface area contributed by atoms with Gasteiger partial charge >= 0.3 is 0 Å². The van der Waals surface area contributed by atoms with Crippen molar-refractivity contribution in [2.24, 2.45) is 0 Å². The maximum Gasteiger partial charge on any atom is 0.0898 e. The maximum atomic E-state index is 6.24. The Hall–Kier alpha value is -1.77. The average molecular weight is 303 g/mol. The largest absolute Gasteiger partial charge is 0.397 e. The number of hydrogen-bond donors (Lipinski definition) is 1. The predicted molar refractivity (Wildman–Crippen MR) is 86.3 cm³/mol. The number of anilines is 1. The fraction of sp³-hybridized carbons (Fsp3) is 0.0625. The number of nitrogen functional groups attached to an aromatic ring is 1. The quantitative estimate of drug-likeness (QED) is 0.635. The van der Waals surface area contributed by atoms with Crippen molar-refractivity contribution >= 4 is 39.8 Å². The van der Waals surface area contributed by atoms with E-state index >= 15 is 0 Å². The molecule has 0 amide bonds. The molecule has 0 aliphatic carbocycles. The van der Waals surface area contributed by atoms with Crippen LogP contribution >= 0.6 is 23.2 Å². The monoisotopic (exact) mass is 302 g/mol. The highest BCUT2D eigenvalue weighted by molar-refractivity contribution is 6.35. The van der Waals surface area contributed by atoms with Crippen LogP contribution in [0.1, 0.15) is 5.56 Å². The molecular weight excluding hydrogens is 291 g/mol. The SMILES string of the molecule is Cc1cc(-c2cccc(Cl)c2N)nc2c(Cl)cccc12. The molecule has 0 aliphatic rings. The molecule has 0 saturated heterocycles. The van der Waals surface area contributed by atoms with E-state index in [2.05, 4.69) is 4.98 Å². The minimum Gasteiger partial charge on any atom is -0.397 e. The molecule has 20 heavy (non-hydrogen) atoms. The zero-order chi connectivity index (χ0) is 14.3. The number of nitrogens with two attached hydrogens (primary N) is 1. The van der Waals surface area contributed by atoms with Gasteiger partial charge in [0, 0.05) is 10.9 Å². The Morgan fingerprint density at radius 3 is 2.50 bits per heavy atom. The van der Waals surface area contributed by atoms with Gasteiger partial charge < -0.3 is 5.73 Å². The average Bonchev–Trinajstić information content (AvgIpc) is 2.43. The number of hydrogen-bond acceptors (Lipinski definition) is 2. The van der Waals surface area contributed by atoms with Gasteiger partial charge in [0.05, 0.1) is 26.9 Å². The summed E-state index contributed by atoms with van der Waals surface area (Å²) in [6.07, 6.45) is 0. The second-order valence-electron chi connectivity index (χ2n) is 4.66. The molecule has 0 spiro atoms. The zero-order valence-electron chi connectivity index (χ0n) is 10.8. The summed E-state index contributed by atoms with van der Waals surface area (Å²) in [6, 6.07) is 13.3. The van der Waals surface area contributed by atoms with Crippen molar-refractivity contribution in [3.05, 3.63) is 58.1 Å². The molecule has 0 atom stereocenters. The lowest BCUT2D eigenvalue weighted by Gasteiger charge is -2.10. The van der Waals surface area contributed by atoms with E-state index in [1.54, 1.807) is 6.07 Å². The third-order valence-electron chi connectivity index (χ3n) is 3.33. The van der Waals surface area contributed by atoms with E-state index in [1.165, 1.54) is 0 Å². The van der Waals surface area contributed by atoms with Crippen molar-refractivity contribution in [1.82, 2.24) is 4.98 Å². The lowest BCUT2D eigenvalue weighted by Crippen LogP contribution is -1.95. The minimum absolute atomic E-state index is 0.529. The third kappa shape index (κ3) is 2.11. The summed E-state index contributed by atoms with van der Waals surface area (Å²) in [6.45, 7) is 2.03. The van der Waals surface area contributed by atoms with Crippen molar-refractivity contribution in [2.75, 3.05) is 5.73 Å². The van der Waals surface area contributed by atoms with E-state index in [0.717, 1.165) is 27.7 Å². The second kappa shape index (κ2) is 4.97. The van der Waals surface area contributed by atoms with Gasteiger partial charge in [-0.3, -0.25) is 0 Å². The normalized spacial score (nSPS) is 10.9. The maximum absolute atomic E-state index is 6.24. The number of benzene rings is 2. The Bertz CT molecular complexity index is 813. The highest BCUT2D eigenvalue weighted by Crippen LogP contribution is 2.33. The van der Waals surface area contributed by atoms with Crippen molar-refractivity contribution < 1.29 is 0 Å². The van der Waals surface area contributed by atoms with Crippen molar-refractivity contribution in [3.8, 4) is 11.3 Å². The first-order valence-corrected chi connectivity index (χ1v) is 6.94. The molecule has 1 aromatic heterocycles. The Labute approximate surface area is 127 Å². The molecule has 2 N–H and O–H groups in total. The Morgan fingerprint density at radius 1 is 1.00 bits per heavy atom. The highest BCUT2D eigenvalue weighted by atomic mass is 35.5. The van der Waals surface area contributed by atoms with E-state index in [4.69, 9.17) is 28.9 Å². The Kier molecular flexibility index (Phi) is 3.28. The molecule has 0 aliphatic heterocycles. The van der Waals surface area contributed by atoms with Gasteiger partial charge in [-0.05, 0) is 30.7 Å². The topological polar surface area (TPSA) is 38.9 Å². The summed E-state index contributed by atoms with van der Waals surface area (Å²) in [5.74, 6) is 0. The number of aryl methyl sites for hydroxylation is 1. The van der Waals surface area contributed by atoms with E-state index in [9.17, 15) is 0 Å². The standard InChI is InChI=1S/C16H12Cl2N2/c1-9-8-14(11-5-3-6-12(17)15(11)19)20-16-10(9)4-2-7-13(16)18/h2-8H,19H2,1H3. The van der Waals surface area contributed by atoms with Crippen LogP contribution in [0.15, 0.2) is 42.5 Å². The van der Waals surface area contributed by atoms with Crippen LogP contribution in [0.3, 0.4) is 0 Å². The van der Waals surface area contributed by atoms with E-state index in [0.29, 0.717) is 15.7 Å². The van der Waals surface area contributed by atoms with Gasteiger partial charge in [-0.2, -0.15) is 0 Å². The van der Waals surface area contributed by atoms with Crippen molar-refractivity contribution in [2.45, 2.75) is 6.92 Å². The van der Waals surface area contributed by atoms with Gasteiger partial charge in [-0.25, -0.2) is 4.98 Å². The zero-order valence-corrected chi connectivity index (χ0v) is 12.3. The van der Waals surface area contributed by atoms with Gasteiger partial charge in [0.2, 0.25) is 0 Å². The number of nitrogens with zero attached hydrogens (tertiary/aromatic N) is 1. The number of pyridine rings is 1. The summed E-state index contributed by atoms with van der Waals surface area (Å²) in [5, 5.41) is 2.20. The first-order valence-electron chi connectivity index (χ1n) is 6.18. The van der Waals surface area contributed by atoms with Crippen molar-refractivity contribution in [3.63, 3.8) is 0 Å². The van der Waals surface area contributed by atoms with Crippen LogP contribution in [0.4, 0.5) is 5.69 Å². The van der Waals surface area contributed by atoms with Gasteiger partial charge in [0.25, 0.3) is 0 Å². The molecule has 3 aromatic rings. The first-order chi connectivity index (χ1) is 9.58. The van der Waals surface area contributed by atoms with Gasteiger partial charge in [0.15, 0.2) is 0 Å². The summed E-state index contributed by atoms with van der Waals surface area (Å²) in [5.41, 5.74) is 10.1. The predicted octanol–water partition coefficient (Wildman–Crippen LogP) is 5.10. The number of halogens is 2. The molecular formula is C16H12Cl2N2. The first kappa shape index (κ1) is 13.2. The van der Waals surface area contributed by atoms with Crippen molar-refractivity contribution in [1.29, 1.82) is 0 Å². The smallest absolute Gasteiger partial charge is 0.0898 e. The molecule has 0 unspecified atom stereocenters. The van der Waals surface area contributed by atoms with Gasteiger partial charge in [-0.15, -0.1) is 0 Å². The summed E-state index contributed by atoms with van der Waals surface area (Å²) < 4.78 is 0. The van der Waals surface area contributed by atoms with Crippen LogP contribution in [0.5, 0.6) is 0 Å². The third-order valence-corrected chi connectivity index (χ3v) is 3.96. The van der Waals surface area contributed by atoms with Crippen LogP contribution in [0, 0.1) is 6.92 Å². The number of rotatable bonds is 1. The number of para-hydroxylation sites is 2. The molecule has 2 nitrogen and oxygen atoms in total. The Morgan fingerprint density at radius 2 is 1.70 bits per heavy atom. The lowest BCUT2D eigenvalue weighted by atomic mass is 10.0. The molecule has 4 heteroatoms. The molecule has 1 heterocycles. The lowest BCUT2D eigenvalue weighted by molar-refractivity contribution is 1.36. The van der Waals surface area contributed by atoms with E-state index in [1.807, 2.05) is 43.3 Å². The molecule has 0 fully saturated rings. The molecule has 2 aromatic carbocycles. The van der Waals surface area contributed by atoms with Crippen LogP contribution in [-0.2, 0) is 0 Å². The summed E-state index contributed by atoms with van der Waals surface area (Å²) >= 11 is 12.3. The van der Waals surface area contributed by atoms with E-state index in [-0.39, 0.29) is 0 Å². The van der Waals surface area contributed by atoms with Crippen LogP contribution < -0.4 is 5.73 Å². The molecule has 0 bridgehead atoms. The fourth-order valence-corrected chi connectivity index (χ4v) is 2.67. The molecule has 3 rings (SSSR count). The number of aromatic nitrogens is 1. The Balaban J connectivity index is 2.33. The number of fused-ring (bicyclic) bond motifs is 1. The summed E-state index contributed by atoms with van der Waals surface area (Å²) in [7, 11) is 0. The molecule has 100 valence electrons. The van der Waals surface area contributed by atoms with Gasteiger partial charge in [0.1, 0.15) is 0 Å². The molecule has 0 saturated carbocycles.